The number of hydrogen-bond acceptors (Lipinski definition) is 7. The summed E-state index contributed by atoms with van der Waals surface area (Å²) in [7, 11) is 1.50. The summed E-state index contributed by atoms with van der Waals surface area (Å²) >= 11 is 1.48. The minimum atomic E-state index is -0.233. The number of amides is 1. The number of ether oxygens (including phenoxy) is 2. The molecule has 3 heterocycles. The van der Waals surface area contributed by atoms with Gasteiger partial charge in [-0.15, -0.1) is 0 Å². The first kappa shape index (κ1) is 20.3. The first-order chi connectivity index (χ1) is 15.5. The van der Waals surface area contributed by atoms with E-state index in [-0.39, 0.29) is 24.0 Å². The van der Waals surface area contributed by atoms with Gasteiger partial charge in [-0.25, -0.2) is 4.98 Å². The number of carbonyl (C=O) groups excluding carboxylic acids is 1. The number of thiazole rings is 1. The predicted molar refractivity (Wildman–Crippen MR) is 122 cm³/mol. The standard InChI is InChI=1S/C23H22N4O4S/c1-4-31-14-6-7-16-19(10-14)32-23(24-16)27-22-21(12(2)26-27)15(11-20(29)25-22)13-5-8-18(30-3)17(28)9-13/h5-10,15,28H,4,11H2,1-3H3,(H,25,29). The van der Waals surface area contributed by atoms with E-state index in [1.165, 1.54) is 18.4 Å². The number of rotatable bonds is 5. The van der Waals surface area contributed by atoms with Crippen molar-refractivity contribution in [3.05, 3.63) is 53.2 Å². The van der Waals surface area contributed by atoms with Crippen molar-refractivity contribution in [2.75, 3.05) is 19.0 Å². The van der Waals surface area contributed by atoms with Crippen LogP contribution in [-0.4, -0.2) is 39.5 Å². The smallest absolute Gasteiger partial charge is 0.226 e. The van der Waals surface area contributed by atoms with E-state index in [0.29, 0.717) is 23.3 Å². The second kappa shape index (κ2) is 7.83. The van der Waals surface area contributed by atoms with Crippen molar-refractivity contribution in [2.24, 2.45) is 0 Å². The highest BCUT2D eigenvalue weighted by atomic mass is 32.1. The van der Waals surface area contributed by atoms with E-state index in [1.54, 1.807) is 16.8 Å². The normalized spacial score (nSPS) is 15.5. The fourth-order valence-electron chi connectivity index (χ4n) is 4.13. The zero-order valence-electron chi connectivity index (χ0n) is 17.9. The van der Waals surface area contributed by atoms with Gasteiger partial charge in [0.15, 0.2) is 11.5 Å². The van der Waals surface area contributed by atoms with Gasteiger partial charge in [0.1, 0.15) is 11.6 Å². The molecule has 32 heavy (non-hydrogen) atoms. The molecule has 2 N–H and O–H groups in total. The number of methoxy groups -OCH3 is 1. The summed E-state index contributed by atoms with van der Waals surface area (Å²) in [5.74, 6) is 1.49. The molecule has 0 fully saturated rings. The molecule has 0 aliphatic carbocycles. The van der Waals surface area contributed by atoms with Crippen LogP contribution >= 0.6 is 11.3 Å². The van der Waals surface area contributed by atoms with Crippen LogP contribution in [0.3, 0.4) is 0 Å². The van der Waals surface area contributed by atoms with Gasteiger partial charge in [-0.2, -0.15) is 9.78 Å². The van der Waals surface area contributed by atoms with Crippen molar-refractivity contribution in [1.29, 1.82) is 0 Å². The fraction of sp³-hybridized carbons (Fsp3) is 0.261. The van der Waals surface area contributed by atoms with E-state index < -0.39 is 0 Å². The second-order valence-corrected chi connectivity index (χ2v) is 8.56. The van der Waals surface area contributed by atoms with Crippen molar-refractivity contribution >= 4 is 33.3 Å². The number of aryl methyl sites for hydroxylation is 1. The van der Waals surface area contributed by atoms with E-state index in [1.807, 2.05) is 38.1 Å². The Morgan fingerprint density at radius 1 is 1.28 bits per heavy atom. The van der Waals surface area contributed by atoms with Crippen molar-refractivity contribution in [2.45, 2.75) is 26.2 Å². The SMILES string of the molecule is CCOc1ccc2nc(-n3nc(C)c4c3NC(=O)CC4c3ccc(OC)c(O)c3)sc2c1. The van der Waals surface area contributed by atoms with Crippen molar-refractivity contribution in [1.82, 2.24) is 14.8 Å². The summed E-state index contributed by atoms with van der Waals surface area (Å²) in [6.07, 6.45) is 0.267. The molecule has 164 valence electrons. The lowest BCUT2D eigenvalue weighted by Gasteiger charge is -2.24. The molecule has 1 atom stereocenters. The van der Waals surface area contributed by atoms with Gasteiger partial charge in [0.25, 0.3) is 0 Å². The molecule has 0 bridgehead atoms. The molecule has 2 aromatic carbocycles. The Hall–Kier alpha value is -3.59. The molecule has 8 nitrogen and oxygen atoms in total. The van der Waals surface area contributed by atoms with Gasteiger partial charge in [-0.05, 0) is 49.7 Å². The Morgan fingerprint density at radius 2 is 2.12 bits per heavy atom. The molecular weight excluding hydrogens is 428 g/mol. The molecule has 1 aliphatic rings. The van der Waals surface area contributed by atoms with Crippen molar-refractivity contribution in [3.63, 3.8) is 0 Å². The number of carbonyl (C=O) groups is 1. The monoisotopic (exact) mass is 450 g/mol. The third-order valence-electron chi connectivity index (χ3n) is 5.55. The van der Waals surface area contributed by atoms with Gasteiger partial charge in [-0.1, -0.05) is 17.4 Å². The molecule has 0 saturated heterocycles. The van der Waals surface area contributed by atoms with Gasteiger partial charge in [0.2, 0.25) is 11.0 Å². The lowest BCUT2D eigenvalue weighted by atomic mass is 9.85. The molecule has 0 radical (unpaired) electrons. The Morgan fingerprint density at radius 3 is 2.88 bits per heavy atom. The fourth-order valence-corrected chi connectivity index (χ4v) is 5.09. The summed E-state index contributed by atoms with van der Waals surface area (Å²) in [4.78, 5) is 17.3. The van der Waals surface area contributed by atoms with Crippen LogP contribution in [0.2, 0.25) is 0 Å². The molecule has 4 aromatic rings. The van der Waals surface area contributed by atoms with E-state index >= 15 is 0 Å². The number of aromatic hydroxyl groups is 1. The third-order valence-corrected chi connectivity index (χ3v) is 6.54. The Labute approximate surface area is 188 Å². The molecule has 9 heteroatoms. The first-order valence-corrected chi connectivity index (χ1v) is 11.1. The molecule has 2 aromatic heterocycles. The van der Waals surface area contributed by atoms with Crippen LogP contribution < -0.4 is 14.8 Å². The molecule has 0 spiro atoms. The highest BCUT2D eigenvalue weighted by molar-refractivity contribution is 7.20. The van der Waals surface area contributed by atoms with Gasteiger partial charge in [-0.3, -0.25) is 4.79 Å². The zero-order valence-corrected chi connectivity index (χ0v) is 18.7. The van der Waals surface area contributed by atoms with E-state index in [0.717, 1.165) is 32.8 Å². The summed E-state index contributed by atoms with van der Waals surface area (Å²) in [6, 6.07) is 11.0. The Bertz CT molecular complexity index is 1340. The average Bonchev–Trinajstić information content (AvgIpc) is 3.34. The van der Waals surface area contributed by atoms with E-state index in [4.69, 9.17) is 19.6 Å². The highest BCUT2D eigenvalue weighted by Crippen LogP contribution is 2.43. The molecule has 0 saturated carbocycles. The lowest BCUT2D eigenvalue weighted by molar-refractivity contribution is -0.116. The average molecular weight is 451 g/mol. The number of benzene rings is 2. The summed E-state index contributed by atoms with van der Waals surface area (Å²) in [6.45, 7) is 4.46. The summed E-state index contributed by atoms with van der Waals surface area (Å²) in [5.41, 5.74) is 3.39. The molecule has 5 rings (SSSR count). The molecular formula is C23H22N4O4S. The van der Waals surface area contributed by atoms with E-state index in [2.05, 4.69) is 5.32 Å². The van der Waals surface area contributed by atoms with Crippen molar-refractivity contribution < 1.29 is 19.4 Å². The van der Waals surface area contributed by atoms with E-state index in [9.17, 15) is 9.90 Å². The molecule has 1 aliphatic heterocycles. The van der Waals surface area contributed by atoms with Crippen LogP contribution in [0.5, 0.6) is 17.2 Å². The maximum Gasteiger partial charge on any atom is 0.226 e. The topological polar surface area (TPSA) is 98.5 Å². The maximum absolute atomic E-state index is 12.6. The summed E-state index contributed by atoms with van der Waals surface area (Å²) in [5, 5.41) is 18.6. The zero-order chi connectivity index (χ0) is 22.4. The number of aromatic nitrogens is 3. The maximum atomic E-state index is 12.6. The van der Waals surface area contributed by atoms with Gasteiger partial charge >= 0.3 is 0 Å². The minimum absolute atomic E-state index is 0.0406. The lowest BCUT2D eigenvalue weighted by Crippen LogP contribution is -2.24. The highest BCUT2D eigenvalue weighted by Gasteiger charge is 2.33. The van der Waals surface area contributed by atoms with Crippen LogP contribution in [-0.2, 0) is 4.79 Å². The van der Waals surface area contributed by atoms with Crippen molar-refractivity contribution in [3.8, 4) is 22.4 Å². The number of fused-ring (bicyclic) bond motifs is 2. The summed E-state index contributed by atoms with van der Waals surface area (Å²) < 4.78 is 13.4. The van der Waals surface area contributed by atoms with Crippen LogP contribution in [0, 0.1) is 6.92 Å². The minimum Gasteiger partial charge on any atom is -0.504 e. The number of phenols is 1. The number of nitrogens with one attached hydrogen (secondary N) is 1. The van der Waals surface area contributed by atoms with Crippen LogP contribution in [0.4, 0.5) is 5.82 Å². The molecule has 1 unspecified atom stereocenters. The van der Waals surface area contributed by atoms with Crippen LogP contribution in [0.15, 0.2) is 36.4 Å². The number of anilines is 1. The van der Waals surface area contributed by atoms with Gasteiger partial charge in [0, 0.05) is 17.9 Å². The first-order valence-electron chi connectivity index (χ1n) is 10.3. The number of hydrogen-bond donors (Lipinski definition) is 2. The molecule has 1 amide bonds. The number of nitrogens with zero attached hydrogens (tertiary/aromatic N) is 3. The van der Waals surface area contributed by atoms with Crippen LogP contribution in [0.1, 0.15) is 36.1 Å². The van der Waals surface area contributed by atoms with Crippen LogP contribution in [0.25, 0.3) is 15.3 Å². The number of phenolic OH excluding ortho intramolecular Hbond substituents is 1. The quantitative estimate of drug-likeness (QED) is 0.468. The second-order valence-electron chi connectivity index (χ2n) is 7.55. The Kier molecular flexibility index (Phi) is 4.97. The third kappa shape index (κ3) is 3.34. The Balaban J connectivity index is 1.60. The van der Waals surface area contributed by atoms with Gasteiger partial charge in [0.05, 0.1) is 29.6 Å². The van der Waals surface area contributed by atoms with Gasteiger partial charge < -0.3 is 19.9 Å². The predicted octanol–water partition coefficient (Wildman–Crippen LogP) is 4.38. The largest absolute Gasteiger partial charge is 0.504 e.